The molecule has 0 spiro atoms. The quantitative estimate of drug-likeness (QED) is 0.135. The summed E-state index contributed by atoms with van der Waals surface area (Å²) in [6, 6.07) is 87.4. The van der Waals surface area contributed by atoms with Crippen LogP contribution in [0.5, 0.6) is 0 Å². The molecule has 0 fully saturated rings. The molecular formula is C66H46N2. The van der Waals surface area contributed by atoms with Gasteiger partial charge in [0, 0.05) is 21.5 Å². The molecule has 13 rings (SSSR count). The van der Waals surface area contributed by atoms with Crippen molar-refractivity contribution in [3.63, 3.8) is 0 Å². The van der Waals surface area contributed by atoms with Gasteiger partial charge < -0.3 is 9.13 Å². The number of hydrogen-bond acceptors (Lipinski definition) is 0. The SMILES string of the molecule is C1=CC(c2ccc(-c3ccccc3)n2-c2c3cc(-c4cccc5ccccc45)ccc3c(-n3c(-c4ccccc4)ccc3-c3ccccc3)c3cc(-c4cccc5ccccc45)ccc23)=CCC1. The molecule has 2 heteroatoms. The number of nitrogens with zero attached hydrogens (tertiary/aromatic N) is 2. The van der Waals surface area contributed by atoms with Crippen LogP contribution in [0.2, 0.25) is 0 Å². The van der Waals surface area contributed by atoms with Gasteiger partial charge in [-0.25, -0.2) is 0 Å². The molecule has 0 N–H and O–H groups in total. The minimum atomic E-state index is 1.01. The van der Waals surface area contributed by atoms with Gasteiger partial charge in [0.15, 0.2) is 0 Å². The zero-order chi connectivity index (χ0) is 45.0. The highest BCUT2D eigenvalue weighted by Crippen LogP contribution is 2.47. The topological polar surface area (TPSA) is 9.86 Å². The summed E-state index contributed by atoms with van der Waals surface area (Å²) in [6.07, 6.45) is 9.12. The van der Waals surface area contributed by atoms with Gasteiger partial charge >= 0.3 is 0 Å². The Labute approximate surface area is 396 Å². The minimum absolute atomic E-state index is 1.01. The van der Waals surface area contributed by atoms with E-state index in [1.165, 1.54) is 87.9 Å². The van der Waals surface area contributed by atoms with Crippen molar-refractivity contribution in [1.29, 1.82) is 0 Å². The van der Waals surface area contributed by atoms with Crippen molar-refractivity contribution in [1.82, 2.24) is 9.13 Å². The van der Waals surface area contributed by atoms with Crippen molar-refractivity contribution in [2.24, 2.45) is 0 Å². The summed E-state index contributed by atoms with van der Waals surface area (Å²) < 4.78 is 5.12. The van der Waals surface area contributed by atoms with E-state index >= 15 is 0 Å². The van der Waals surface area contributed by atoms with Crippen LogP contribution in [-0.4, -0.2) is 9.13 Å². The summed E-state index contributed by atoms with van der Waals surface area (Å²) in [6.45, 7) is 0. The zero-order valence-corrected chi connectivity index (χ0v) is 37.6. The van der Waals surface area contributed by atoms with Crippen molar-refractivity contribution >= 4 is 48.7 Å². The molecule has 0 unspecified atom stereocenters. The first-order chi connectivity index (χ1) is 33.8. The van der Waals surface area contributed by atoms with Crippen LogP contribution >= 0.6 is 0 Å². The number of allylic oxidation sites excluding steroid dienone is 4. The molecule has 0 saturated heterocycles. The summed E-state index contributed by atoms with van der Waals surface area (Å²) in [7, 11) is 0. The molecule has 2 heterocycles. The first kappa shape index (κ1) is 39.6. The van der Waals surface area contributed by atoms with E-state index in [0.717, 1.165) is 46.7 Å². The lowest BCUT2D eigenvalue weighted by Crippen LogP contribution is -2.08. The van der Waals surface area contributed by atoms with Crippen LogP contribution in [0.1, 0.15) is 18.5 Å². The summed E-state index contributed by atoms with van der Waals surface area (Å²) in [5, 5.41) is 9.63. The molecule has 0 bridgehead atoms. The fourth-order valence-electron chi connectivity index (χ4n) is 10.8. The average Bonchev–Trinajstić information content (AvgIpc) is 4.06. The molecule has 0 atom stereocenters. The largest absolute Gasteiger partial charge is 0.308 e. The molecule has 1 aliphatic carbocycles. The molecule has 0 radical (unpaired) electrons. The summed E-state index contributed by atoms with van der Waals surface area (Å²) >= 11 is 0. The summed E-state index contributed by atoms with van der Waals surface area (Å²) in [4.78, 5) is 0. The van der Waals surface area contributed by atoms with E-state index in [4.69, 9.17) is 0 Å². The van der Waals surface area contributed by atoms with Crippen LogP contribution in [0.4, 0.5) is 0 Å². The lowest BCUT2D eigenvalue weighted by Gasteiger charge is -2.25. The molecule has 2 aromatic heterocycles. The smallest absolute Gasteiger partial charge is 0.0620 e. The number of rotatable bonds is 8. The van der Waals surface area contributed by atoms with E-state index in [1.54, 1.807) is 0 Å². The molecule has 68 heavy (non-hydrogen) atoms. The number of fused-ring (bicyclic) bond motifs is 4. The molecule has 1 aliphatic rings. The van der Waals surface area contributed by atoms with E-state index in [9.17, 15) is 0 Å². The normalized spacial score (nSPS) is 12.6. The van der Waals surface area contributed by atoms with E-state index in [1.807, 2.05) is 0 Å². The number of benzene rings is 10. The molecule has 320 valence electrons. The zero-order valence-electron chi connectivity index (χ0n) is 37.6. The van der Waals surface area contributed by atoms with Crippen molar-refractivity contribution in [3.05, 3.63) is 261 Å². The molecule has 10 aromatic carbocycles. The minimum Gasteiger partial charge on any atom is -0.308 e. The van der Waals surface area contributed by atoms with Crippen LogP contribution in [-0.2, 0) is 0 Å². The van der Waals surface area contributed by atoms with Gasteiger partial charge in [0.05, 0.1) is 34.2 Å². The molecular weight excluding hydrogens is 821 g/mol. The Morgan fingerprint density at radius 3 is 1.15 bits per heavy atom. The predicted molar refractivity (Wildman–Crippen MR) is 289 cm³/mol. The third-order valence-electron chi connectivity index (χ3n) is 14.0. The molecule has 0 amide bonds. The standard InChI is InChI=1S/C66H46N2/c1-5-21-47(22-6-1)61-39-40-62(48-23-7-2-8-24-48)67(61)65-57-37-35-52(56-34-18-30-46-20-14-16-32-54(46)56)44-60(57)66(58-38-36-51(43-59(58)65)55-33-17-29-45-19-13-15-31-53(45)55)68-63(49-25-9-3-10-26-49)41-42-64(68)50-27-11-4-12-28-50/h1-3,5-11,13-44H,4,12H2. The van der Waals surface area contributed by atoms with Gasteiger partial charge in [-0.3, -0.25) is 0 Å². The van der Waals surface area contributed by atoms with Crippen LogP contribution < -0.4 is 0 Å². The van der Waals surface area contributed by atoms with Gasteiger partial charge in [0.1, 0.15) is 0 Å². The highest BCUT2D eigenvalue weighted by molar-refractivity contribution is 6.18. The lowest BCUT2D eigenvalue weighted by atomic mass is 9.90. The lowest BCUT2D eigenvalue weighted by molar-refractivity contribution is 1.02. The highest BCUT2D eigenvalue weighted by Gasteiger charge is 2.26. The van der Waals surface area contributed by atoms with Crippen LogP contribution in [0.3, 0.4) is 0 Å². The Balaban J connectivity index is 1.24. The second-order valence-electron chi connectivity index (χ2n) is 17.9. The number of hydrogen-bond donors (Lipinski definition) is 0. The van der Waals surface area contributed by atoms with Crippen LogP contribution in [0.15, 0.2) is 255 Å². The second-order valence-corrected chi connectivity index (χ2v) is 17.9. The fraction of sp³-hybridized carbons (Fsp3) is 0.0303. The van der Waals surface area contributed by atoms with Gasteiger partial charge in [-0.2, -0.15) is 0 Å². The maximum absolute atomic E-state index is 2.57. The van der Waals surface area contributed by atoms with Crippen molar-refractivity contribution in [2.45, 2.75) is 12.8 Å². The third-order valence-corrected chi connectivity index (χ3v) is 14.0. The molecule has 0 aliphatic heterocycles. The number of aromatic nitrogens is 2. The second kappa shape index (κ2) is 16.6. The maximum atomic E-state index is 2.57. The van der Waals surface area contributed by atoms with Crippen molar-refractivity contribution < 1.29 is 0 Å². The van der Waals surface area contributed by atoms with Gasteiger partial charge in [0.2, 0.25) is 0 Å². The van der Waals surface area contributed by atoms with Crippen LogP contribution in [0.25, 0.3) is 116 Å². The Morgan fingerprint density at radius 2 is 0.691 bits per heavy atom. The van der Waals surface area contributed by atoms with Crippen molar-refractivity contribution in [2.75, 3.05) is 0 Å². The van der Waals surface area contributed by atoms with Gasteiger partial charge in [-0.05, 0) is 115 Å². The van der Waals surface area contributed by atoms with Gasteiger partial charge in [0.25, 0.3) is 0 Å². The van der Waals surface area contributed by atoms with Gasteiger partial charge in [-0.1, -0.05) is 218 Å². The average molecular weight is 867 g/mol. The Bertz CT molecular complexity index is 3870. The van der Waals surface area contributed by atoms with E-state index in [-0.39, 0.29) is 0 Å². The van der Waals surface area contributed by atoms with E-state index in [0.29, 0.717) is 0 Å². The maximum Gasteiger partial charge on any atom is 0.0620 e. The Hall–Kier alpha value is -8.72. The molecule has 0 saturated carbocycles. The summed E-state index contributed by atoms with van der Waals surface area (Å²) in [5.74, 6) is 0. The summed E-state index contributed by atoms with van der Waals surface area (Å²) in [5.41, 5.74) is 16.4. The van der Waals surface area contributed by atoms with E-state index in [2.05, 4.69) is 264 Å². The molecule has 2 nitrogen and oxygen atoms in total. The van der Waals surface area contributed by atoms with E-state index < -0.39 is 0 Å². The molecule has 12 aromatic rings. The first-order valence-corrected chi connectivity index (χ1v) is 23.7. The van der Waals surface area contributed by atoms with Crippen molar-refractivity contribution in [3.8, 4) is 67.4 Å². The fourth-order valence-corrected chi connectivity index (χ4v) is 10.8. The third kappa shape index (κ3) is 6.64. The predicted octanol–water partition coefficient (Wildman–Crippen LogP) is 17.9. The van der Waals surface area contributed by atoms with Crippen LogP contribution in [0, 0.1) is 0 Å². The van der Waals surface area contributed by atoms with Gasteiger partial charge in [-0.15, -0.1) is 0 Å². The Morgan fingerprint density at radius 1 is 0.279 bits per heavy atom. The highest BCUT2D eigenvalue weighted by atomic mass is 15.0. The first-order valence-electron chi connectivity index (χ1n) is 23.7. The Kier molecular flexibility index (Phi) is 9.68. The monoisotopic (exact) mass is 866 g/mol.